The van der Waals surface area contributed by atoms with Gasteiger partial charge in [0.15, 0.2) is 0 Å². The second-order valence-electron chi connectivity index (χ2n) is 7.18. The number of amides is 1. The van der Waals surface area contributed by atoms with Gasteiger partial charge in [0, 0.05) is 50.2 Å². The van der Waals surface area contributed by atoms with Gasteiger partial charge >= 0.3 is 0 Å². The molecule has 0 radical (unpaired) electrons. The summed E-state index contributed by atoms with van der Waals surface area (Å²) in [4.78, 5) is 16.9. The van der Waals surface area contributed by atoms with Crippen molar-refractivity contribution in [1.82, 2.24) is 9.80 Å². The minimum atomic E-state index is -0.252. The van der Waals surface area contributed by atoms with E-state index in [0.29, 0.717) is 12.3 Å². The normalized spacial score (nSPS) is 23.1. The number of piperazine rings is 1. The van der Waals surface area contributed by atoms with Crippen LogP contribution in [0.15, 0.2) is 18.2 Å². The van der Waals surface area contributed by atoms with Crippen LogP contribution in [0.5, 0.6) is 5.75 Å². The molecule has 1 heterocycles. The maximum Gasteiger partial charge on any atom is 0.225 e. The van der Waals surface area contributed by atoms with E-state index in [1.165, 1.54) is 12.1 Å². The number of carbonyl (C=O) groups excluding carboxylic acids is 1. The van der Waals surface area contributed by atoms with E-state index >= 15 is 0 Å². The fourth-order valence-electron chi connectivity index (χ4n) is 3.95. The number of nitrogens with zero attached hydrogens (tertiary/aromatic N) is 2. The van der Waals surface area contributed by atoms with E-state index in [-0.39, 0.29) is 48.5 Å². The van der Waals surface area contributed by atoms with Crippen molar-refractivity contribution in [3.63, 3.8) is 0 Å². The SMILES string of the molecule is COc1ccc(F)cc1CN1CCN(C(=O)C2CCCC(N)C2)CC1.Cl.Cl. The van der Waals surface area contributed by atoms with Gasteiger partial charge in [-0.2, -0.15) is 0 Å². The lowest BCUT2D eigenvalue weighted by Crippen LogP contribution is -2.51. The quantitative estimate of drug-likeness (QED) is 0.811. The summed E-state index contributed by atoms with van der Waals surface area (Å²) >= 11 is 0. The fourth-order valence-corrected chi connectivity index (χ4v) is 3.95. The lowest BCUT2D eigenvalue weighted by molar-refractivity contribution is -0.138. The van der Waals surface area contributed by atoms with E-state index in [0.717, 1.165) is 57.4 Å². The standard InChI is InChI=1S/C19H28FN3O2.2ClH/c1-25-18-6-5-16(20)11-15(18)13-22-7-9-23(10-8-22)19(24)14-3-2-4-17(21)12-14;;/h5-6,11,14,17H,2-4,7-10,12-13,21H2,1H3;2*1H. The Kier molecular flexibility index (Phi) is 9.81. The van der Waals surface area contributed by atoms with Crippen LogP contribution in [0.2, 0.25) is 0 Å². The first-order valence-electron chi connectivity index (χ1n) is 9.16. The van der Waals surface area contributed by atoms with Crippen molar-refractivity contribution in [2.75, 3.05) is 33.3 Å². The summed E-state index contributed by atoms with van der Waals surface area (Å²) in [5.74, 6) is 0.811. The second kappa shape index (κ2) is 11.1. The minimum absolute atomic E-state index is 0. The highest BCUT2D eigenvalue weighted by Crippen LogP contribution is 2.26. The molecule has 0 spiro atoms. The predicted molar refractivity (Wildman–Crippen MR) is 109 cm³/mol. The molecule has 27 heavy (non-hydrogen) atoms. The van der Waals surface area contributed by atoms with Crippen LogP contribution < -0.4 is 10.5 Å². The fraction of sp³-hybridized carbons (Fsp3) is 0.632. The second-order valence-corrected chi connectivity index (χ2v) is 7.18. The van der Waals surface area contributed by atoms with Gasteiger partial charge in [-0.15, -0.1) is 24.8 Å². The van der Waals surface area contributed by atoms with Gasteiger partial charge in [0.05, 0.1) is 7.11 Å². The summed E-state index contributed by atoms with van der Waals surface area (Å²) in [7, 11) is 1.60. The molecule has 2 N–H and O–H groups in total. The van der Waals surface area contributed by atoms with Gasteiger partial charge in [0.25, 0.3) is 0 Å². The molecular weight excluding hydrogens is 392 g/mol. The van der Waals surface area contributed by atoms with Crippen LogP contribution in [-0.2, 0) is 11.3 Å². The molecule has 1 amide bonds. The Morgan fingerprint density at radius 3 is 2.56 bits per heavy atom. The molecule has 8 heteroatoms. The first-order valence-corrected chi connectivity index (χ1v) is 9.16. The van der Waals surface area contributed by atoms with Crippen molar-refractivity contribution in [3.8, 4) is 5.75 Å². The zero-order chi connectivity index (χ0) is 17.8. The number of nitrogens with two attached hydrogens (primary N) is 1. The van der Waals surface area contributed by atoms with Crippen LogP contribution in [0.4, 0.5) is 4.39 Å². The highest BCUT2D eigenvalue weighted by atomic mass is 35.5. The Morgan fingerprint density at radius 1 is 1.22 bits per heavy atom. The van der Waals surface area contributed by atoms with Crippen molar-refractivity contribution in [3.05, 3.63) is 29.6 Å². The average molecular weight is 422 g/mol. The molecular formula is C19H30Cl2FN3O2. The highest BCUT2D eigenvalue weighted by molar-refractivity contribution is 5.85. The molecule has 2 unspecified atom stereocenters. The Hall–Kier alpha value is -1.08. The number of hydrogen-bond acceptors (Lipinski definition) is 4. The van der Waals surface area contributed by atoms with Crippen LogP contribution in [0.3, 0.4) is 0 Å². The van der Waals surface area contributed by atoms with Crippen molar-refractivity contribution in [1.29, 1.82) is 0 Å². The number of halogens is 3. The van der Waals surface area contributed by atoms with Gasteiger partial charge in [-0.05, 0) is 37.5 Å². The topological polar surface area (TPSA) is 58.8 Å². The van der Waals surface area contributed by atoms with Gasteiger partial charge in [0.1, 0.15) is 11.6 Å². The molecule has 1 aliphatic heterocycles. The van der Waals surface area contributed by atoms with Crippen molar-refractivity contribution in [2.24, 2.45) is 11.7 Å². The molecule has 154 valence electrons. The van der Waals surface area contributed by atoms with Crippen LogP contribution in [0, 0.1) is 11.7 Å². The lowest BCUT2D eigenvalue weighted by Gasteiger charge is -2.38. The summed E-state index contributed by atoms with van der Waals surface area (Å²) in [6.07, 6.45) is 3.87. The Morgan fingerprint density at radius 2 is 1.93 bits per heavy atom. The molecule has 1 saturated carbocycles. The number of hydrogen-bond donors (Lipinski definition) is 1. The molecule has 1 aromatic rings. The molecule has 3 rings (SSSR count). The van der Waals surface area contributed by atoms with E-state index in [1.54, 1.807) is 13.2 Å². The van der Waals surface area contributed by atoms with Crippen molar-refractivity contribution >= 4 is 30.7 Å². The molecule has 2 aliphatic rings. The Balaban J connectivity index is 0.00000182. The summed E-state index contributed by atoms with van der Waals surface area (Å²) in [6, 6.07) is 4.77. The van der Waals surface area contributed by atoms with Gasteiger partial charge in [-0.1, -0.05) is 6.42 Å². The minimum Gasteiger partial charge on any atom is -0.496 e. The lowest BCUT2D eigenvalue weighted by atomic mass is 9.85. The van der Waals surface area contributed by atoms with Crippen LogP contribution in [-0.4, -0.2) is 55.0 Å². The molecule has 5 nitrogen and oxygen atoms in total. The molecule has 2 atom stereocenters. The number of carbonyl (C=O) groups is 1. The number of rotatable bonds is 4. The maximum atomic E-state index is 13.5. The van der Waals surface area contributed by atoms with Gasteiger partial charge in [0.2, 0.25) is 5.91 Å². The van der Waals surface area contributed by atoms with Gasteiger partial charge in [-0.25, -0.2) is 4.39 Å². The van der Waals surface area contributed by atoms with Crippen LogP contribution >= 0.6 is 24.8 Å². The van der Waals surface area contributed by atoms with E-state index in [9.17, 15) is 9.18 Å². The van der Waals surface area contributed by atoms with E-state index in [2.05, 4.69) is 4.90 Å². The molecule has 1 aromatic carbocycles. The summed E-state index contributed by atoms with van der Waals surface area (Å²) in [5, 5.41) is 0. The summed E-state index contributed by atoms with van der Waals surface area (Å²) in [5.41, 5.74) is 6.87. The molecule has 1 saturated heterocycles. The monoisotopic (exact) mass is 421 g/mol. The molecule has 0 aromatic heterocycles. The third kappa shape index (κ3) is 6.21. The molecule has 1 aliphatic carbocycles. The van der Waals surface area contributed by atoms with Gasteiger partial charge < -0.3 is 15.4 Å². The van der Waals surface area contributed by atoms with Crippen molar-refractivity contribution < 1.29 is 13.9 Å². The number of benzene rings is 1. The van der Waals surface area contributed by atoms with Gasteiger partial charge in [-0.3, -0.25) is 9.69 Å². The van der Waals surface area contributed by atoms with E-state index in [4.69, 9.17) is 10.5 Å². The highest BCUT2D eigenvalue weighted by Gasteiger charge is 2.30. The largest absolute Gasteiger partial charge is 0.496 e. The molecule has 2 fully saturated rings. The van der Waals surface area contributed by atoms with Crippen molar-refractivity contribution in [2.45, 2.75) is 38.3 Å². The van der Waals surface area contributed by atoms with Crippen LogP contribution in [0.1, 0.15) is 31.2 Å². The third-order valence-corrected chi connectivity index (χ3v) is 5.38. The maximum absolute atomic E-state index is 13.5. The Bertz CT molecular complexity index is 613. The first-order chi connectivity index (χ1) is 12.1. The van der Waals surface area contributed by atoms with E-state index in [1.807, 2.05) is 4.90 Å². The summed E-state index contributed by atoms with van der Waals surface area (Å²) < 4.78 is 18.8. The summed E-state index contributed by atoms with van der Waals surface area (Å²) in [6.45, 7) is 3.68. The smallest absolute Gasteiger partial charge is 0.225 e. The zero-order valence-corrected chi connectivity index (χ0v) is 17.4. The predicted octanol–water partition coefficient (Wildman–Crippen LogP) is 2.84. The average Bonchev–Trinajstić information content (AvgIpc) is 2.62. The number of ether oxygens (including phenoxy) is 1. The zero-order valence-electron chi connectivity index (χ0n) is 15.7. The first kappa shape index (κ1) is 24.0. The third-order valence-electron chi connectivity index (χ3n) is 5.38. The Labute approximate surface area is 173 Å². The van der Waals surface area contributed by atoms with Crippen LogP contribution in [0.25, 0.3) is 0 Å². The van der Waals surface area contributed by atoms with E-state index < -0.39 is 0 Å². The number of methoxy groups -OCH3 is 1. The molecule has 0 bridgehead atoms.